The van der Waals surface area contributed by atoms with Crippen LogP contribution in [0.25, 0.3) is 0 Å². The van der Waals surface area contributed by atoms with Crippen LogP contribution < -0.4 is 16.0 Å². The first kappa shape index (κ1) is 22.0. The molecule has 2 aromatic rings. The minimum absolute atomic E-state index is 0.0211. The lowest BCUT2D eigenvalue weighted by atomic mass is 10.2. The number of nitrogens with zero attached hydrogens (tertiary/aromatic N) is 1. The highest BCUT2D eigenvalue weighted by atomic mass is 35.5. The van der Waals surface area contributed by atoms with E-state index in [0.29, 0.717) is 17.3 Å². The number of rotatable bonds is 4. The van der Waals surface area contributed by atoms with Crippen molar-refractivity contribution in [3.8, 4) is 5.75 Å². The number of carboxylic acid groups (broad SMARTS) is 1. The molecule has 1 aromatic heterocycles. The molecule has 0 aliphatic carbocycles. The average molecular weight is 406 g/mol. The second kappa shape index (κ2) is 9.08. The quantitative estimate of drug-likeness (QED) is 0.723. The van der Waals surface area contributed by atoms with Crippen molar-refractivity contribution < 1.29 is 32.6 Å². The van der Waals surface area contributed by atoms with E-state index in [2.05, 4.69) is 0 Å². The van der Waals surface area contributed by atoms with E-state index in [1.165, 1.54) is 6.07 Å². The zero-order valence-electron chi connectivity index (χ0n) is 13.9. The largest absolute Gasteiger partial charge is 0.496 e. The number of hydrogen-bond donors (Lipinski definition) is 3. The molecule has 0 saturated heterocycles. The number of amides is 1. The maximum atomic E-state index is 11.3. The van der Waals surface area contributed by atoms with Crippen LogP contribution in [-0.2, 0) is 11.3 Å². The molecule has 0 aliphatic rings. The van der Waals surface area contributed by atoms with Crippen molar-refractivity contribution >= 4 is 23.5 Å². The zero-order valence-corrected chi connectivity index (χ0v) is 14.6. The summed E-state index contributed by atoms with van der Waals surface area (Å²) in [6.07, 6.45) is -3.50. The Hall–Kier alpha value is -3.01. The normalized spacial score (nSPS) is 10.6. The maximum Gasteiger partial charge on any atom is 0.490 e. The van der Waals surface area contributed by atoms with Gasteiger partial charge in [0, 0.05) is 11.8 Å². The Kier molecular flexibility index (Phi) is 7.41. The lowest BCUT2D eigenvalue weighted by Crippen LogP contribution is -2.29. The van der Waals surface area contributed by atoms with E-state index in [1.807, 2.05) is 24.3 Å². The lowest BCUT2D eigenvalue weighted by molar-refractivity contribution is -0.192. The Bertz CT molecular complexity index is 897. The molecule has 0 saturated carbocycles. The molecule has 146 valence electrons. The highest BCUT2D eigenvalue weighted by Gasteiger charge is 2.38. The topological polar surface area (TPSA) is 118 Å². The number of halogens is 4. The third-order valence-electron chi connectivity index (χ3n) is 3.14. The van der Waals surface area contributed by atoms with Gasteiger partial charge in [0.15, 0.2) is 0 Å². The molecule has 0 radical (unpaired) electrons. The van der Waals surface area contributed by atoms with Crippen LogP contribution in [0.1, 0.15) is 15.9 Å². The second-order valence-corrected chi connectivity index (χ2v) is 5.46. The van der Waals surface area contributed by atoms with Crippen molar-refractivity contribution in [2.45, 2.75) is 12.7 Å². The van der Waals surface area contributed by atoms with Crippen molar-refractivity contribution in [2.24, 2.45) is 5.73 Å². The van der Waals surface area contributed by atoms with Gasteiger partial charge in [0.1, 0.15) is 11.2 Å². The number of ether oxygens (including phenoxy) is 1. The van der Waals surface area contributed by atoms with E-state index in [4.69, 9.17) is 37.4 Å². The van der Waals surface area contributed by atoms with Crippen molar-refractivity contribution in [2.75, 3.05) is 7.11 Å². The van der Waals surface area contributed by atoms with Gasteiger partial charge in [0.05, 0.1) is 24.2 Å². The predicted octanol–water partition coefficient (Wildman–Crippen LogP) is 2.41. The van der Waals surface area contributed by atoms with Crippen molar-refractivity contribution in [3.05, 3.63) is 58.2 Å². The van der Waals surface area contributed by atoms with Crippen LogP contribution in [0.2, 0.25) is 5.02 Å². The van der Waals surface area contributed by atoms with Gasteiger partial charge in [-0.3, -0.25) is 10.2 Å². The van der Waals surface area contributed by atoms with Gasteiger partial charge in [-0.1, -0.05) is 29.8 Å². The molecule has 1 heterocycles. The number of aromatic nitrogens is 1. The number of carbonyl (C=O) groups is 2. The van der Waals surface area contributed by atoms with Gasteiger partial charge in [-0.15, -0.1) is 0 Å². The fourth-order valence-corrected chi connectivity index (χ4v) is 2.17. The van der Waals surface area contributed by atoms with Gasteiger partial charge in [0.25, 0.3) is 5.91 Å². The number of alkyl halides is 3. The fourth-order valence-electron chi connectivity index (χ4n) is 1.94. The number of pyridine rings is 1. The number of carbonyl (C=O) groups excluding carboxylic acids is 1. The molecule has 4 N–H and O–H groups in total. The Morgan fingerprint density at radius 3 is 2.37 bits per heavy atom. The SMILES string of the molecule is COc1ccccc1Cn1cc(Cl)cc(C(N)=O)c1=N.O=C(O)C(F)(F)F. The van der Waals surface area contributed by atoms with Crippen LogP contribution in [0.4, 0.5) is 13.2 Å². The summed E-state index contributed by atoms with van der Waals surface area (Å²) in [5, 5.41) is 15.5. The van der Waals surface area contributed by atoms with E-state index in [0.717, 1.165) is 5.56 Å². The van der Waals surface area contributed by atoms with Gasteiger partial charge in [-0.25, -0.2) is 4.79 Å². The number of nitrogens with two attached hydrogens (primary N) is 1. The minimum atomic E-state index is -5.08. The van der Waals surface area contributed by atoms with E-state index in [9.17, 15) is 18.0 Å². The molecule has 27 heavy (non-hydrogen) atoms. The predicted molar refractivity (Wildman–Crippen MR) is 89.6 cm³/mol. The van der Waals surface area contributed by atoms with Crippen LogP contribution in [0.5, 0.6) is 5.75 Å². The molecule has 0 fully saturated rings. The molecule has 1 amide bonds. The monoisotopic (exact) mass is 405 g/mol. The number of methoxy groups -OCH3 is 1. The van der Waals surface area contributed by atoms with E-state index in [1.54, 1.807) is 17.9 Å². The van der Waals surface area contributed by atoms with Gasteiger partial charge < -0.3 is 20.1 Å². The average Bonchev–Trinajstić information content (AvgIpc) is 2.57. The molecule has 0 atom stereocenters. The van der Waals surface area contributed by atoms with Crippen molar-refractivity contribution in [3.63, 3.8) is 0 Å². The number of hydrogen-bond acceptors (Lipinski definition) is 4. The summed E-state index contributed by atoms with van der Waals surface area (Å²) in [6.45, 7) is 0.365. The molecule has 1 aromatic carbocycles. The number of para-hydroxylation sites is 1. The van der Waals surface area contributed by atoms with Crippen molar-refractivity contribution in [1.29, 1.82) is 5.41 Å². The molecule has 0 aliphatic heterocycles. The van der Waals surface area contributed by atoms with Gasteiger partial charge in [-0.2, -0.15) is 13.2 Å². The van der Waals surface area contributed by atoms with Crippen LogP contribution in [0.15, 0.2) is 36.5 Å². The highest BCUT2D eigenvalue weighted by molar-refractivity contribution is 6.30. The van der Waals surface area contributed by atoms with Gasteiger partial charge in [-0.05, 0) is 12.1 Å². The smallest absolute Gasteiger partial charge is 0.490 e. The minimum Gasteiger partial charge on any atom is -0.496 e. The third kappa shape index (κ3) is 6.33. The van der Waals surface area contributed by atoms with Gasteiger partial charge >= 0.3 is 12.1 Å². The van der Waals surface area contributed by atoms with Crippen LogP contribution in [-0.4, -0.2) is 34.8 Å². The summed E-state index contributed by atoms with van der Waals surface area (Å²) in [5.74, 6) is -2.72. The Morgan fingerprint density at radius 1 is 1.33 bits per heavy atom. The summed E-state index contributed by atoms with van der Waals surface area (Å²) in [4.78, 5) is 20.2. The Balaban J connectivity index is 0.000000445. The van der Waals surface area contributed by atoms with E-state index < -0.39 is 18.1 Å². The standard InChI is InChI=1S/C14H14ClN3O2.C2HF3O2/c1-20-12-5-3-2-4-9(12)7-18-8-10(15)6-11(13(18)16)14(17)19;3-2(4,5)1(6)7/h2-6,8,16H,7H2,1H3,(H2,17,19);(H,6,7). The molecule has 0 bridgehead atoms. The first-order chi connectivity index (χ1) is 12.5. The fraction of sp³-hybridized carbons (Fsp3) is 0.188. The summed E-state index contributed by atoms with van der Waals surface area (Å²) >= 11 is 5.96. The Morgan fingerprint density at radius 2 is 1.89 bits per heavy atom. The second-order valence-electron chi connectivity index (χ2n) is 5.03. The summed E-state index contributed by atoms with van der Waals surface area (Å²) in [5.41, 5.74) is 6.24. The molecule has 0 spiro atoms. The molecule has 7 nitrogen and oxygen atoms in total. The van der Waals surface area contributed by atoms with Crippen LogP contribution >= 0.6 is 11.6 Å². The number of aliphatic carboxylic acids is 1. The first-order valence-corrected chi connectivity index (χ1v) is 7.51. The summed E-state index contributed by atoms with van der Waals surface area (Å²) in [7, 11) is 1.58. The molecular weight excluding hydrogens is 391 g/mol. The zero-order chi connectivity index (χ0) is 20.8. The number of carboxylic acids is 1. The van der Waals surface area contributed by atoms with Gasteiger partial charge in [0.2, 0.25) is 0 Å². The molecule has 2 rings (SSSR count). The number of primary amides is 1. The van der Waals surface area contributed by atoms with E-state index in [-0.39, 0.29) is 11.1 Å². The van der Waals surface area contributed by atoms with Crippen LogP contribution in [0.3, 0.4) is 0 Å². The first-order valence-electron chi connectivity index (χ1n) is 7.13. The van der Waals surface area contributed by atoms with Crippen LogP contribution in [0, 0.1) is 5.41 Å². The molecule has 11 heteroatoms. The number of benzene rings is 1. The number of nitrogens with one attached hydrogen (secondary N) is 1. The molecule has 0 unspecified atom stereocenters. The highest BCUT2D eigenvalue weighted by Crippen LogP contribution is 2.18. The lowest BCUT2D eigenvalue weighted by Gasteiger charge is -2.12. The third-order valence-corrected chi connectivity index (χ3v) is 3.35. The van der Waals surface area contributed by atoms with E-state index >= 15 is 0 Å². The molecular formula is C16H15ClF3N3O4. The Labute approximate surface area is 156 Å². The summed E-state index contributed by atoms with van der Waals surface area (Å²) in [6, 6.07) is 8.85. The maximum absolute atomic E-state index is 11.3. The van der Waals surface area contributed by atoms with Crippen molar-refractivity contribution in [1.82, 2.24) is 4.57 Å². The summed E-state index contributed by atoms with van der Waals surface area (Å²) < 4.78 is 38.6.